The molecule has 12 nitrogen and oxygen atoms in total. The van der Waals surface area contributed by atoms with E-state index in [1.807, 2.05) is 6.92 Å². The zero-order chi connectivity index (χ0) is 24.5. The Hall–Kier alpha value is -4.48. The van der Waals surface area contributed by atoms with Gasteiger partial charge in [0, 0.05) is 11.6 Å². The Bertz CT molecular complexity index is 1310. The molecule has 2 aliphatic heterocycles. The first-order chi connectivity index (χ1) is 17.0. The molecule has 0 saturated carbocycles. The van der Waals surface area contributed by atoms with Crippen LogP contribution in [-0.4, -0.2) is 59.9 Å². The topological polar surface area (TPSA) is 132 Å². The maximum atomic E-state index is 13.2. The van der Waals surface area contributed by atoms with Crippen molar-refractivity contribution in [2.45, 2.75) is 25.6 Å². The number of carbonyl (C=O) groups is 2. The number of nitrogens with zero attached hydrogens (tertiary/aromatic N) is 6. The molecule has 2 amide bonds. The van der Waals surface area contributed by atoms with E-state index < -0.39 is 23.9 Å². The van der Waals surface area contributed by atoms with E-state index in [4.69, 9.17) is 18.7 Å². The van der Waals surface area contributed by atoms with E-state index >= 15 is 0 Å². The van der Waals surface area contributed by atoms with Crippen LogP contribution in [0.4, 0.5) is 5.69 Å². The molecule has 0 radical (unpaired) electrons. The molecule has 2 aromatic carbocycles. The molecule has 2 unspecified atom stereocenters. The van der Waals surface area contributed by atoms with Crippen molar-refractivity contribution in [3.63, 3.8) is 0 Å². The lowest BCUT2D eigenvalue weighted by Gasteiger charge is -2.19. The van der Waals surface area contributed by atoms with Crippen LogP contribution in [0, 0.1) is 0 Å². The molecule has 2 atom stereocenters. The van der Waals surface area contributed by atoms with E-state index in [1.165, 1.54) is 12.1 Å². The lowest BCUT2D eigenvalue weighted by molar-refractivity contribution is -0.123. The minimum Gasteiger partial charge on any atom is -0.497 e. The fourth-order valence-electron chi connectivity index (χ4n) is 4.01. The molecular formula is C23H22N6O6. The summed E-state index contributed by atoms with van der Waals surface area (Å²) >= 11 is 0. The molecule has 35 heavy (non-hydrogen) atoms. The summed E-state index contributed by atoms with van der Waals surface area (Å²) in [6, 6.07) is 10.2. The van der Waals surface area contributed by atoms with E-state index in [0.717, 1.165) is 4.90 Å². The van der Waals surface area contributed by atoms with Crippen LogP contribution in [0.25, 0.3) is 11.4 Å². The van der Waals surface area contributed by atoms with E-state index in [-0.39, 0.29) is 12.4 Å². The highest BCUT2D eigenvalue weighted by atomic mass is 16.5. The van der Waals surface area contributed by atoms with Crippen molar-refractivity contribution in [3.8, 4) is 28.6 Å². The smallest absolute Gasteiger partial charge is 0.263 e. The molecule has 1 saturated heterocycles. The first-order valence-corrected chi connectivity index (χ1v) is 10.9. The molecular weight excluding hydrogens is 456 g/mol. The number of fused-ring (bicyclic) bond motifs is 1. The Kier molecular flexibility index (Phi) is 5.77. The summed E-state index contributed by atoms with van der Waals surface area (Å²) in [5, 5.41) is 13.5. The molecule has 3 heterocycles. The maximum absolute atomic E-state index is 13.2. The summed E-state index contributed by atoms with van der Waals surface area (Å²) in [6.45, 7) is 2.40. The van der Waals surface area contributed by atoms with Crippen LogP contribution >= 0.6 is 0 Å². The van der Waals surface area contributed by atoms with Gasteiger partial charge in [0.1, 0.15) is 12.3 Å². The Morgan fingerprint density at radius 3 is 2.66 bits per heavy atom. The average Bonchev–Trinajstić information content (AvgIpc) is 3.57. The third-order valence-corrected chi connectivity index (χ3v) is 5.66. The molecule has 1 fully saturated rings. The number of hydrogen-bond acceptors (Lipinski definition) is 11. The molecule has 1 aromatic heterocycles. The SMILES string of the molecule is CCOc1ccc(-c2noc(CN3N=NC4C(=O)N(c5cccc(OC)c5)C(=O)C43)n2)cc1OC. The number of amides is 2. The zero-order valence-electron chi connectivity index (χ0n) is 19.2. The van der Waals surface area contributed by atoms with Gasteiger partial charge in [-0.15, -0.1) is 0 Å². The molecule has 3 aromatic rings. The minimum absolute atomic E-state index is 0.0107. The van der Waals surface area contributed by atoms with Crippen LogP contribution in [0.3, 0.4) is 0 Å². The van der Waals surface area contributed by atoms with Gasteiger partial charge in [-0.2, -0.15) is 10.1 Å². The number of carbonyl (C=O) groups excluding carboxylic acids is 2. The van der Waals surface area contributed by atoms with Crippen molar-refractivity contribution < 1.29 is 28.3 Å². The highest BCUT2D eigenvalue weighted by Crippen LogP contribution is 2.35. The van der Waals surface area contributed by atoms with Crippen LogP contribution in [0.2, 0.25) is 0 Å². The zero-order valence-corrected chi connectivity index (χ0v) is 19.2. The monoisotopic (exact) mass is 478 g/mol. The molecule has 180 valence electrons. The average molecular weight is 478 g/mol. The van der Waals surface area contributed by atoms with Crippen LogP contribution in [0.15, 0.2) is 57.3 Å². The fourth-order valence-corrected chi connectivity index (χ4v) is 4.01. The second kappa shape index (κ2) is 9.05. The van der Waals surface area contributed by atoms with Gasteiger partial charge in [0.15, 0.2) is 23.6 Å². The first-order valence-electron chi connectivity index (χ1n) is 10.9. The van der Waals surface area contributed by atoms with Crippen LogP contribution in [-0.2, 0) is 16.1 Å². The van der Waals surface area contributed by atoms with Crippen molar-refractivity contribution in [2.24, 2.45) is 10.3 Å². The molecule has 12 heteroatoms. The Morgan fingerprint density at radius 2 is 1.89 bits per heavy atom. The lowest BCUT2D eigenvalue weighted by Crippen LogP contribution is -2.39. The van der Waals surface area contributed by atoms with Gasteiger partial charge in [0.05, 0.1) is 26.5 Å². The van der Waals surface area contributed by atoms with E-state index in [9.17, 15) is 9.59 Å². The Labute approximate surface area is 200 Å². The number of hydrogen-bond donors (Lipinski definition) is 0. The van der Waals surface area contributed by atoms with Gasteiger partial charge >= 0.3 is 0 Å². The van der Waals surface area contributed by atoms with Gasteiger partial charge in [0.25, 0.3) is 11.8 Å². The van der Waals surface area contributed by atoms with Gasteiger partial charge in [-0.05, 0) is 37.3 Å². The second-order valence-electron chi connectivity index (χ2n) is 7.72. The first kappa shape index (κ1) is 22.3. The summed E-state index contributed by atoms with van der Waals surface area (Å²) in [5.74, 6) is 1.34. The molecule has 0 bridgehead atoms. The maximum Gasteiger partial charge on any atom is 0.263 e. The highest BCUT2D eigenvalue weighted by Gasteiger charge is 2.55. The van der Waals surface area contributed by atoms with Crippen LogP contribution in [0.1, 0.15) is 12.8 Å². The van der Waals surface area contributed by atoms with Gasteiger partial charge in [0.2, 0.25) is 11.7 Å². The third-order valence-electron chi connectivity index (χ3n) is 5.66. The largest absolute Gasteiger partial charge is 0.497 e. The number of ether oxygens (including phenoxy) is 3. The third kappa shape index (κ3) is 3.92. The van der Waals surface area contributed by atoms with E-state index in [2.05, 4.69) is 20.5 Å². The number of anilines is 1. The fraction of sp³-hybridized carbons (Fsp3) is 0.304. The molecule has 2 aliphatic rings. The predicted molar refractivity (Wildman–Crippen MR) is 121 cm³/mol. The second-order valence-corrected chi connectivity index (χ2v) is 7.72. The molecule has 0 aliphatic carbocycles. The summed E-state index contributed by atoms with van der Waals surface area (Å²) < 4.78 is 21.5. The van der Waals surface area contributed by atoms with Crippen molar-refractivity contribution in [1.29, 1.82) is 0 Å². The highest BCUT2D eigenvalue weighted by molar-refractivity contribution is 6.25. The molecule has 0 spiro atoms. The van der Waals surface area contributed by atoms with E-state index in [1.54, 1.807) is 49.6 Å². The lowest BCUT2D eigenvalue weighted by atomic mass is 10.1. The van der Waals surface area contributed by atoms with E-state index in [0.29, 0.717) is 40.9 Å². The number of rotatable bonds is 8. The summed E-state index contributed by atoms with van der Waals surface area (Å²) in [5.41, 5.74) is 1.07. The van der Waals surface area contributed by atoms with Crippen molar-refractivity contribution in [3.05, 3.63) is 48.4 Å². The number of imide groups is 1. The van der Waals surface area contributed by atoms with Crippen molar-refractivity contribution >= 4 is 17.5 Å². The van der Waals surface area contributed by atoms with Crippen LogP contribution < -0.4 is 19.1 Å². The quantitative estimate of drug-likeness (QED) is 0.448. The standard InChI is InChI=1S/C23H22N6O6/c1-4-34-16-9-8-13(10-17(16)33-3)21-24-18(35-26-21)12-28-20-19(25-27-28)22(30)29(23(20)31)14-6-5-7-15(11-14)32-2/h5-11,19-20H,4,12H2,1-3H3. The summed E-state index contributed by atoms with van der Waals surface area (Å²) in [7, 11) is 3.06. The normalized spacial score (nSPS) is 18.8. The minimum atomic E-state index is -0.938. The van der Waals surface area contributed by atoms with Gasteiger partial charge < -0.3 is 18.7 Å². The molecule has 0 N–H and O–H groups in total. The van der Waals surface area contributed by atoms with Crippen molar-refractivity contribution in [1.82, 2.24) is 15.1 Å². The van der Waals surface area contributed by atoms with Crippen molar-refractivity contribution in [2.75, 3.05) is 25.7 Å². The van der Waals surface area contributed by atoms with Gasteiger partial charge in [-0.1, -0.05) is 16.4 Å². The van der Waals surface area contributed by atoms with Crippen LogP contribution in [0.5, 0.6) is 17.2 Å². The molecule has 5 rings (SSSR count). The number of methoxy groups -OCH3 is 2. The summed E-state index contributed by atoms with van der Waals surface area (Å²) in [4.78, 5) is 31.6. The van der Waals surface area contributed by atoms with Gasteiger partial charge in [-0.25, -0.2) is 4.90 Å². The Balaban J connectivity index is 1.34. The predicted octanol–water partition coefficient (Wildman–Crippen LogP) is 2.65. The van der Waals surface area contributed by atoms with Gasteiger partial charge in [-0.3, -0.25) is 14.6 Å². The summed E-state index contributed by atoms with van der Waals surface area (Å²) in [6.07, 6.45) is 0. The number of benzene rings is 2. The Morgan fingerprint density at radius 1 is 1.03 bits per heavy atom. The number of aromatic nitrogens is 2.